The zero-order chi connectivity index (χ0) is 16.1. The number of halogens is 1. The molecule has 116 valence electrons. The van der Waals surface area contributed by atoms with Gasteiger partial charge >= 0.3 is 0 Å². The quantitative estimate of drug-likeness (QED) is 0.471. The van der Waals surface area contributed by atoms with Crippen LogP contribution in [0.1, 0.15) is 12.5 Å². The number of aromatic nitrogens is 3. The Balaban J connectivity index is 1.98. The van der Waals surface area contributed by atoms with Gasteiger partial charge in [0.1, 0.15) is 0 Å². The van der Waals surface area contributed by atoms with Gasteiger partial charge < -0.3 is 0 Å². The molecule has 0 amide bonds. The molecule has 0 saturated carbocycles. The van der Waals surface area contributed by atoms with Gasteiger partial charge in [-0.25, -0.2) is 0 Å². The van der Waals surface area contributed by atoms with Crippen LogP contribution in [0.25, 0.3) is 11.4 Å². The summed E-state index contributed by atoms with van der Waals surface area (Å²) in [6.07, 6.45) is 1.82. The van der Waals surface area contributed by atoms with E-state index in [0.717, 1.165) is 32.3 Å². The largest absolute Gasteiger partial charge is 0.212 e. The molecule has 0 fully saturated rings. The van der Waals surface area contributed by atoms with Crippen molar-refractivity contribution in [3.8, 4) is 11.4 Å². The fourth-order valence-electron chi connectivity index (χ4n) is 2.03. The Bertz CT molecular complexity index is 797. The maximum Gasteiger partial charge on any atom is 0.212 e. The molecular formula is C17H15BrN4S. The standard InChI is InChI=1S/C17H15BrN4S/c1-2-23-17-21-20-16(14-6-4-3-5-7-14)22(17)19-12-13-8-10-15(18)11-9-13/h3-12H,2H2,1H3. The third-order valence-electron chi connectivity index (χ3n) is 3.11. The predicted octanol–water partition coefficient (Wildman–Crippen LogP) is 4.70. The number of benzene rings is 2. The highest BCUT2D eigenvalue weighted by atomic mass is 79.9. The molecular weight excluding hydrogens is 372 g/mol. The lowest BCUT2D eigenvalue weighted by Gasteiger charge is -2.03. The van der Waals surface area contributed by atoms with Gasteiger partial charge in [-0.15, -0.1) is 10.2 Å². The molecule has 0 unspecified atom stereocenters. The van der Waals surface area contributed by atoms with Crippen molar-refractivity contribution in [1.82, 2.24) is 14.9 Å². The van der Waals surface area contributed by atoms with Crippen molar-refractivity contribution in [1.29, 1.82) is 0 Å². The molecule has 1 aromatic heterocycles. The van der Waals surface area contributed by atoms with Gasteiger partial charge in [-0.3, -0.25) is 0 Å². The minimum Gasteiger partial charge on any atom is -0.187 e. The van der Waals surface area contributed by atoms with Gasteiger partial charge in [0.15, 0.2) is 5.82 Å². The van der Waals surface area contributed by atoms with Crippen LogP contribution in [0, 0.1) is 0 Å². The number of thioether (sulfide) groups is 1. The van der Waals surface area contributed by atoms with Crippen molar-refractivity contribution >= 4 is 33.9 Å². The van der Waals surface area contributed by atoms with Gasteiger partial charge in [0.05, 0.1) is 6.21 Å². The van der Waals surface area contributed by atoms with E-state index in [0.29, 0.717) is 0 Å². The van der Waals surface area contributed by atoms with E-state index in [2.05, 4.69) is 38.2 Å². The van der Waals surface area contributed by atoms with Crippen molar-refractivity contribution in [2.24, 2.45) is 5.10 Å². The van der Waals surface area contributed by atoms with Crippen molar-refractivity contribution in [3.05, 3.63) is 64.6 Å². The predicted molar refractivity (Wildman–Crippen MR) is 99.0 cm³/mol. The minimum absolute atomic E-state index is 0.745. The van der Waals surface area contributed by atoms with E-state index < -0.39 is 0 Å². The van der Waals surface area contributed by atoms with Gasteiger partial charge in [-0.05, 0) is 23.4 Å². The molecule has 1 heterocycles. The molecule has 0 aliphatic carbocycles. The van der Waals surface area contributed by atoms with Crippen LogP contribution < -0.4 is 0 Å². The van der Waals surface area contributed by atoms with Crippen LogP contribution in [0.4, 0.5) is 0 Å². The summed E-state index contributed by atoms with van der Waals surface area (Å²) in [5.41, 5.74) is 2.02. The molecule has 0 bridgehead atoms. The van der Waals surface area contributed by atoms with Crippen LogP contribution in [0.15, 0.2) is 69.3 Å². The zero-order valence-corrected chi connectivity index (χ0v) is 15.0. The molecule has 3 aromatic rings. The average molecular weight is 387 g/mol. The first-order chi connectivity index (χ1) is 11.3. The fraction of sp³-hybridized carbons (Fsp3) is 0.118. The molecule has 23 heavy (non-hydrogen) atoms. The third kappa shape index (κ3) is 3.89. The van der Waals surface area contributed by atoms with Crippen molar-refractivity contribution in [2.45, 2.75) is 12.1 Å². The Morgan fingerprint density at radius 1 is 1.09 bits per heavy atom. The molecule has 0 spiro atoms. The summed E-state index contributed by atoms with van der Waals surface area (Å²) in [6, 6.07) is 18.0. The Morgan fingerprint density at radius 2 is 1.83 bits per heavy atom. The van der Waals surface area contributed by atoms with E-state index in [-0.39, 0.29) is 0 Å². The van der Waals surface area contributed by atoms with Gasteiger partial charge in [0, 0.05) is 10.0 Å². The first-order valence-electron chi connectivity index (χ1n) is 7.21. The normalized spacial score (nSPS) is 11.2. The first kappa shape index (κ1) is 16.0. The molecule has 0 N–H and O–H groups in total. The smallest absolute Gasteiger partial charge is 0.187 e. The second-order valence-corrected chi connectivity index (χ2v) is 6.86. The fourth-order valence-corrected chi connectivity index (χ4v) is 2.91. The Morgan fingerprint density at radius 3 is 2.52 bits per heavy atom. The molecule has 4 nitrogen and oxygen atoms in total. The molecule has 3 rings (SSSR count). The van der Waals surface area contributed by atoms with Crippen LogP contribution in [-0.2, 0) is 0 Å². The Labute approximate surface area is 147 Å². The molecule has 2 aromatic carbocycles. The van der Waals surface area contributed by atoms with E-state index >= 15 is 0 Å². The van der Waals surface area contributed by atoms with Crippen molar-refractivity contribution in [3.63, 3.8) is 0 Å². The summed E-state index contributed by atoms with van der Waals surface area (Å²) in [5, 5.41) is 13.9. The highest BCUT2D eigenvalue weighted by Gasteiger charge is 2.12. The maximum atomic E-state index is 4.59. The maximum absolute atomic E-state index is 4.59. The van der Waals surface area contributed by atoms with Crippen LogP contribution >= 0.6 is 27.7 Å². The summed E-state index contributed by atoms with van der Waals surface area (Å²) in [7, 11) is 0. The zero-order valence-electron chi connectivity index (χ0n) is 12.6. The summed E-state index contributed by atoms with van der Waals surface area (Å²) >= 11 is 5.06. The molecule has 0 saturated heterocycles. The number of hydrogen-bond acceptors (Lipinski definition) is 4. The van der Waals surface area contributed by atoms with Crippen molar-refractivity contribution in [2.75, 3.05) is 5.75 Å². The second-order valence-electron chi connectivity index (χ2n) is 4.71. The van der Waals surface area contributed by atoms with Gasteiger partial charge in [-0.1, -0.05) is 77.1 Å². The van der Waals surface area contributed by atoms with E-state index in [1.54, 1.807) is 16.4 Å². The Hall–Kier alpha value is -1.92. The highest BCUT2D eigenvalue weighted by Crippen LogP contribution is 2.23. The van der Waals surface area contributed by atoms with E-state index in [1.807, 2.05) is 60.8 Å². The second kappa shape index (κ2) is 7.57. The van der Waals surface area contributed by atoms with E-state index in [1.165, 1.54) is 0 Å². The number of hydrogen-bond donors (Lipinski definition) is 0. The van der Waals surface area contributed by atoms with Crippen LogP contribution in [0.5, 0.6) is 0 Å². The van der Waals surface area contributed by atoms with Crippen LogP contribution in [0.2, 0.25) is 0 Å². The lowest BCUT2D eigenvalue weighted by atomic mass is 10.2. The van der Waals surface area contributed by atoms with Gasteiger partial charge in [0.2, 0.25) is 5.16 Å². The lowest BCUT2D eigenvalue weighted by Crippen LogP contribution is -1.97. The topological polar surface area (TPSA) is 43.1 Å². The lowest BCUT2D eigenvalue weighted by molar-refractivity contribution is 0.773. The number of rotatable bonds is 5. The van der Waals surface area contributed by atoms with Gasteiger partial charge in [0.25, 0.3) is 0 Å². The summed E-state index contributed by atoms with van der Waals surface area (Å²) in [6.45, 7) is 2.09. The molecule has 6 heteroatoms. The monoisotopic (exact) mass is 386 g/mol. The SMILES string of the molecule is CCSc1nnc(-c2ccccc2)n1N=Cc1ccc(Br)cc1. The van der Waals surface area contributed by atoms with E-state index in [9.17, 15) is 0 Å². The van der Waals surface area contributed by atoms with Crippen LogP contribution in [0.3, 0.4) is 0 Å². The molecule has 0 atom stereocenters. The summed E-state index contributed by atoms with van der Waals surface area (Å²) in [5.74, 6) is 1.66. The van der Waals surface area contributed by atoms with E-state index in [4.69, 9.17) is 0 Å². The van der Waals surface area contributed by atoms with Crippen LogP contribution in [-0.4, -0.2) is 26.8 Å². The number of nitrogens with zero attached hydrogens (tertiary/aromatic N) is 4. The molecule has 0 aliphatic heterocycles. The first-order valence-corrected chi connectivity index (χ1v) is 8.99. The minimum atomic E-state index is 0.745. The molecule has 0 aliphatic rings. The van der Waals surface area contributed by atoms with Gasteiger partial charge in [-0.2, -0.15) is 9.78 Å². The Kier molecular flexibility index (Phi) is 5.25. The summed E-state index contributed by atoms with van der Waals surface area (Å²) < 4.78 is 2.84. The summed E-state index contributed by atoms with van der Waals surface area (Å²) in [4.78, 5) is 0. The highest BCUT2D eigenvalue weighted by molar-refractivity contribution is 9.10. The average Bonchev–Trinajstić information content (AvgIpc) is 2.98. The third-order valence-corrected chi connectivity index (χ3v) is 4.44. The molecule has 0 radical (unpaired) electrons. The van der Waals surface area contributed by atoms with Crippen molar-refractivity contribution < 1.29 is 0 Å².